The highest BCUT2D eigenvalue weighted by molar-refractivity contribution is 5.95. The molecule has 124 valence electrons. The molecule has 0 aliphatic carbocycles. The SMILES string of the molecule is Cc1ccc(C)c(-n2ncc(C(=O)NC(C)(CO)CO)c2C)c1. The summed E-state index contributed by atoms with van der Waals surface area (Å²) in [5.74, 6) is -0.371. The van der Waals surface area contributed by atoms with E-state index in [0.29, 0.717) is 11.3 Å². The fraction of sp³-hybridized carbons (Fsp3) is 0.412. The summed E-state index contributed by atoms with van der Waals surface area (Å²) in [7, 11) is 0. The van der Waals surface area contributed by atoms with Crippen LogP contribution in [0.5, 0.6) is 0 Å². The van der Waals surface area contributed by atoms with Gasteiger partial charge in [0, 0.05) is 0 Å². The van der Waals surface area contributed by atoms with Crippen molar-refractivity contribution >= 4 is 5.91 Å². The van der Waals surface area contributed by atoms with E-state index in [-0.39, 0.29) is 19.1 Å². The Morgan fingerprint density at radius 2 is 1.91 bits per heavy atom. The number of nitrogens with one attached hydrogen (secondary N) is 1. The van der Waals surface area contributed by atoms with Gasteiger partial charge in [-0.25, -0.2) is 4.68 Å². The predicted molar refractivity (Wildman–Crippen MR) is 87.8 cm³/mol. The number of nitrogens with zero attached hydrogens (tertiary/aromatic N) is 2. The first-order chi connectivity index (χ1) is 10.8. The van der Waals surface area contributed by atoms with E-state index in [0.717, 1.165) is 16.8 Å². The number of aryl methyl sites for hydroxylation is 2. The van der Waals surface area contributed by atoms with E-state index in [4.69, 9.17) is 0 Å². The first-order valence-corrected chi connectivity index (χ1v) is 7.48. The van der Waals surface area contributed by atoms with Crippen LogP contribution < -0.4 is 5.32 Å². The van der Waals surface area contributed by atoms with Crippen LogP contribution in [0.3, 0.4) is 0 Å². The Morgan fingerprint density at radius 3 is 2.52 bits per heavy atom. The normalized spacial score (nSPS) is 11.6. The van der Waals surface area contributed by atoms with Crippen LogP contribution in [-0.4, -0.2) is 44.7 Å². The molecule has 0 aliphatic heterocycles. The van der Waals surface area contributed by atoms with Gasteiger partial charge in [0.05, 0.1) is 41.9 Å². The Kier molecular flexibility index (Phi) is 4.87. The van der Waals surface area contributed by atoms with Crippen LogP contribution in [0.2, 0.25) is 0 Å². The van der Waals surface area contributed by atoms with Crippen molar-refractivity contribution in [3.63, 3.8) is 0 Å². The third-order valence-electron chi connectivity index (χ3n) is 3.96. The zero-order valence-electron chi connectivity index (χ0n) is 13.9. The Balaban J connectivity index is 2.36. The number of rotatable bonds is 5. The number of aromatic nitrogens is 2. The minimum atomic E-state index is -1.06. The van der Waals surface area contributed by atoms with Crippen LogP contribution in [0.25, 0.3) is 5.69 Å². The van der Waals surface area contributed by atoms with E-state index < -0.39 is 5.54 Å². The van der Waals surface area contributed by atoms with Gasteiger partial charge in [0.1, 0.15) is 0 Å². The van der Waals surface area contributed by atoms with Crippen molar-refractivity contribution in [3.05, 3.63) is 46.8 Å². The number of aliphatic hydroxyl groups excluding tert-OH is 2. The fourth-order valence-electron chi connectivity index (χ4n) is 2.29. The third kappa shape index (κ3) is 3.43. The van der Waals surface area contributed by atoms with Gasteiger partial charge in [-0.1, -0.05) is 12.1 Å². The average molecular weight is 317 g/mol. The molecule has 1 aromatic carbocycles. The van der Waals surface area contributed by atoms with Gasteiger partial charge in [-0.3, -0.25) is 4.79 Å². The number of hydrogen-bond acceptors (Lipinski definition) is 4. The maximum absolute atomic E-state index is 12.4. The Labute approximate surface area is 135 Å². The molecule has 0 saturated heterocycles. The van der Waals surface area contributed by atoms with Crippen molar-refractivity contribution in [2.24, 2.45) is 0 Å². The molecule has 23 heavy (non-hydrogen) atoms. The van der Waals surface area contributed by atoms with Gasteiger partial charge in [0.2, 0.25) is 0 Å². The van der Waals surface area contributed by atoms with Crippen LogP contribution in [0, 0.1) is 20.8 Å². The van der Waals surface area contributed by atoms with E-state index in [2.05, 4.69) is 10.4 Å². The van der Waals surface area contributed by atoms with Gasteiger partial charge in [0.25, 0.3) is 5.91 Å². The summed E-state index contributed by atoms with van der Waals surface area (Å²) in [4.78, 5) is 12.4. The fourth-order valence-corrected chi connectivity index (χ4v) is 2.29. The molecular weight excluding hydrogens is 294 g/mol. The second kappa shape index (κ2) is 6.52. The number of hydrogen-bond donors (Lipinski definition) is 3. The minimum absolute atomic E-state index is 0.348. The Bertz CT molecular complexity index is 718. The maximum Gasteiger partial charge on any atom is 0.255 e. The molecule has 1 heterocycles. The van der Waals surface area contributed by atoms with Crippen LogP contribution in [0.15, 0.2) is 24.4 Å². The first kappa shape index (κ1) is 17.2. The summed E-state index contributed by atoms with van der Waals surface area (Å²) in [5.41, 5.74) is 3.15. The molecule has 0 radical (unpaired) electrons. The summed E-state index contributed by atoms with van der Waals surface area (Å²) >= 11 is 0. The zero-order valence-corrected chi connectivity index (χ0v) is 13.9. The smallest absolute Gasteiger partial charge is 0.255 e. The molecule has 0 fully saturated rings. The van der Waals surface area contributed by atoms with Gasteiger partial charge in [-0.15, -0.1) is 0 Å². The van der Waals surface area contributed by atoms with E-state index >= 15 is 0 Å². The van der Waals surface area contributed by atoms with Crippen LogP contribution in [-0.2, 0) is 0 Å². The summed E-state index contributed by atoms with van der Waals surface area (Å²) < 4.78 is 1.73. The summed E-state index contributed by atoms with van der Waals surface area (Å²) in [6.45, 7) is 6.70. The van der Waals surface area contributed by atoms with Crippen LogP contribution in [0.4, 0.5) is 0 Å². The summed E-state index contributed by atoms with van der Waals surface area (Å²) in [6, 6.07) is 6.06. The van der Waals surface area contributed by atoms with Crippen molar-refractivity contribution in [1.82, 2.24) is 15.1 Å². The monoisotopic (exact) mass is 317 g/mol. The first-order valence-electron chi connectivity index (χ1n) is 7.48. The lowest BCUT2D eigenvalue weighted by Gasteiger charge is -2.26. The van der Waals surface area contributed by atoms with E-state index in [1.54, 1.807) is 11.6 Å². The predicted octanol–water partition coefficient (Wildman–Crippen LogP) is 1.27. The van der Waals surface area contributed by atoms with Crippen molar-refractivity contribution in [2.45, 2.75) is 33.2 Å². The van der Waals surface area contributed by atoms with E-state index in [1.165, 1.54) is 6.20 Å². The van der Waals surface area contributed by atoms with Crippen molar-refractivity contribution < 1.29 is 15.0 Å². The van der Waals surface area contributed by atoms with Gasteiger partial charge in [0.15, 0.2) is 0 Å². The highest BCUT2D eigenvalue weighted by Gasteiger charge is 2.27. The average Bonchev–Trinajstić information content (AvgIpc) is 2.91. The zero-order chi connectivity index (χ0) is 17.2. The van der Waals surface area contributed by atoms with Crippen molar-refractivity contribution in [2.75, 3.05) is 13.2 Å². The molecular formula is C17H23N3O3. The lowest BCUT2D eigenvalue weighted by molar-refractivity contribution is 0.0723. The van der Waals surface area contributed by atoms with Crippen LogP contribution in [0.1, 0.15) is 34.1 Å². The number of benzene rings is 1. The molecule has 2 rings (SSSR count). The van der Waals surface area contributed by atoms with E-state index in [9.17, 15) is 15.0 Å². The second-order valence-electron chi connectivity index (χ2n) is 6.18. The molecule has 0 saturated carbocycles. The summed E-state index contributed by atoms with van der Waals surface area (Å²) in [5, 5.41) is 25.6. The number of amides is 1. The maximum atomic E-state index is 12.4. The van der Waals surface area contributed by atoms with Crippen molar-refractivity contribution in [1.29, 1.82) is 0 Å². The highest BCUT2D eigenvalue weighted by Crippen LogP contribution is 2.19. The lowest BCUT2D eigenvalue weighted by Crippen LogP contribution is -2.51. The standard InChI is InChI=1S/C17H23N3O3/c1-11-5-6-12(2)15(7-11)20-13(3)14(8-18-20)16(23)19-17(4,9-21)10-22/h5-8,21-22H,9-10H2,1-4H3,(H,19,23). The summed E-state index contributed by atoms with van der Waals surface area (Å²) in [6.07, 6.45) is 1.50. The molecule has 0 unspecified atom stereocenters. The molecule has 1 aromatic heterocycles. The number of carbonyl (C=O) groups excluding carboxylic acids is 1. The molecule has 6 heteroatoms. The van der Waals surface area contributed by atoms with E-state index in [1.807, 2.05) is 39.0 Å². The molecule has 3 N–H and O–H groups in total. The van der Waals surface area contributed by atoms with Crippen molar-refractivity contribution in [3.8, 4) is 5.69 Å². The second-order valence-corrected chi connectivity index (χ2v) is 6.18. The Hall–Kier alpha value is -2.18. The number of aliphatic hydroxyl groups is 2. The minimum Gasteiger partial charge on any atom is -0.394 e. The third-order valence-corrected chi connectivity index (χ3v) is 3.96. The van der Waals surface area contributed by atoms with Crippen LogP contribution >= 0.6 is 0 Å². The molecule has 6 nitrogen and oxygen atoms in total. The topological polar surface area (TPSA) is 87.4 Å². The largest absolute Gasteiger partial charge is 0.394 e. The molecule has 1 amide bonds. The quantitative estimate of drug-likeness (QED) is 0.775. The molecule has 0 atom stereocenters. The molecule has 0 aliphatic rings. The molecule has 2 aromatic rings. The molecule has 0 spiro atoms. The lowest BCUT2D eigenvalue weighted by atomic mass is 10.0. The van der Waals surface area contributed by atoms with Gasteiger partial charge < -0.3 is 15.5 Å². The Morgan fingerprint density at radius 1 is 1.26 bits per heavy atom. The van der Waals surface area contributed by atoms with Gasteiger partial charge in [-0.05, 0) is 44.9 Å². The van der Waals surface area contributed by atoms with Gasteiger partial charge >= 0.3 is 0 Å². The van der Waals surface area contributed by atoms with Gasteiger partial charge in [-0.2, -0.15) is 5.10 Å². The highest BCUT2D eigenvalue weighted by atomic mass is 16.3. The number of carbonyl (C=O) groups is 1. The molecule has 0 bridgehead atoms.